The molecule has 0 fully saturated rings. The lowest BCUT2D eigenvalue weighted by Crippen LogP contribution is -2.16. The first-order chi connectivity index (χ1) is 6.06. The first-order valence-corrected chi connectivity index (χ1v) is 3.27. The van der Waals surface area contributed by atoms with Gasteiger partial charge in [0.05, 0.1) is 6.42 Å². The van der Waals surface area contributed by atoms with Crippen LogP contribution >= 0.6 is 0 Å². The van der Waals surface area contributed by atoms with Gasteiger partial charge in [0.15, 0.2) is 0 Å². The molecule has 1 atom stereocenters. The Balaban J connectivity index is 3.84. The van der Waals surface area contributed by atoms with Gasteiger partial charge in [0.1, 0.15) is 12.7 Å². The van der Waals surface area contributed by atoms with E-state index < -0.39 is 31.3 Å². The third-order valence-electron chi connectivity index (χ3n) is 0.909. The van der Waals surface area contributed by atoms with Crippen molar-refractivity contribution in [1.82, 2.24) is 0 Å². The number of aliphatic hydroxyl groups is 2. The van der Waals surface area contributed by atoms with Gasteiger partial charge in [0.25, 0.3) is 0 Å². The molecule has 6 heteroatoms. The summed E-state index contributed by atoms with van der Waals surface area (Å²) in [5.74, 6) is 3.11. The number of ether oxygens (including phenoxy) is 1. The quantitative estimate of drug-likeness (QED) is 0.290. The average molecular weight is 188 g/mol. The van der Waals surface area contributed by atoms with E-state index in [0.29, 0.717) is 0 Å². The number of hydrogen-bond donors (Lipinski definition) is 3. The summed E-state index contributed by atoms with van der Waals surface area (Å²) < 4.78 is 3.69. The molecule has 0 aromatic carbocycles. The molecular weight excluding hydrogens is 180 g/mol. The summed E-state index contributed by atoms with van der Waals surface area (Å²) in [6.45, 7) is -0.439. The summed E-state index contributed by atoms with van der Waals surface area (Å²) in [6, 6.07) is 0. The summed E-state index contributed by atoms with van der Waals surface area (Å²) in [7, 11) is 0. The van der Waals surface area contributed by atoms with Crippen molar-refractivity contribution in [3.8, 4) is 11.8 Å². The van der Waals surface area contributed by atoms with Crippen LogP contribution in [-0.4, -0.2) is 40.2 Å². The summed E-state index contributed by atoms with van der Waals surface area (Å²) in [5.41, 5.74) is 0. The molecule has 0 bridgehead atoms. The Kier molecular flexibility index (Phi) is 5.27. The smallest absolute Gasteiger partial charge is 0.449 e. The Labute approximate surface area is 73.7 Å². The van der Waals surface area contributed by atoms with Gasteiger partial charge in [-0.05, 0) is 0 Å². The Morgan fingerprint density at radius 3 is 2.54 bits per heavy atom. The van der Waals surface area contributed by atoms with Crippen LogP contribution in [0.15, 0.2) is 0 Å². The van der Waals surface area contributed by atoms with Gasteiger partial charge < -0.3 is 20.1 Å². The van der Waals surface area contributed by atoms with Crippen molar-refractivity contribution in [2.75, 3.05) is 6.61 Å². The van der Waals surface area contributed by atoms with Gasteiger partial charge in [-0.25, -0.2) is 4.79 Å². The summed E-state index contributed by atoms with van der Waals surface area (Å²) >= 11 is 0. The van der Waals surface area contributed by atoms with Gasteiger partial charge in [-0.3, -0.25) is 4.79 Å². The van der Waals surface area contributed by atoms with Gasteiger partial charge in [0.2, 0.25) is 0 Å². The molecule has 0 aromatic rings. The largest absolute Gasteiger partial charge is 0.513 e. The number of hydrogen-bond acceptors (Lipinski definition) is 5. The normalized spacial score (nSPS) is 10.9. The molecule has 0 aliphatic carbocycles. The Bertz CT molecular complexity index is 247. The first-order valence-electron chi connectivity index (χ1n) is 3.27. The van der Waals surface area contributed by atoms with E-state index in [2.05, 4.69) is 16.6 Å². The van der Waals surface area contributed by atoms with Crippen LogP contribution in [0.4, 0.5) is 4.79 Å². The SMILES string of the molecule is O=C(O)OC(=O)CC(O)C#CCO. The van der Waals surface area contributed by atoms with E-state index in [4.69, 9.17) is 15.3 Å². The fraction of sp³-hybridized carbons (Fsp3) is 0.429. The van der Waals surface area contributed by atoms with Crippen molar-refractivity contribution in [2.45, 2.75) is 12.5 Å². The minimum Gasteiger partial charge on any atom is -0.449 e. The highest BCUT2D eigenvalue weighted by Gasteiger charge is 2.12. The number of carboxylic acid groups (broad SMARTS) is 1. The van der Waals surface area contributed by atoms with Crippen molar-refractivity contribution in [2.24, 2.45) is 0 Å². The Morgan fingerprint density at radius 1 is 1.46 bits per heavy atom. The second kappa shape index (κ2) is 5.99. The first kappa shape index (κ1) is 11.4. The molecule has 1 unspecified atom stereocenters. The third kappa shape index (κ3) is 6.80. The molecule has 0 aromatic heterocycles. The molecule has 0 aliphatic heterocycles. The summed E-state index contributed by atoms with van der Waals surface area (Å²) in [4.78, 5) is 20.3. The molecule has 3 N–H and O–H groups in total. The molecule has 13 heavy (non-hydrogen) atoms. The number of aliphatic hydroxyl groups excluding tert-OH is 2. The lowest BCUT2D eigenvalue weighted by atomic mass is 10.2. The van der Waals surface area contributed by atoms with E-state index in [-0.39, 0.29) is 0 Å². The van der Waals surface area contributed by atoms with Gasteiger partial charge in [-0.1, -0.05) is 11.8 Å². The monoisotopic (exact) mass is 188 g/mol. The van der Waals surface area contributed by atoms with Gasteiger partial charge >= 0.3 is 12.1 Å². The zero-order valence-corrected chi connectivity index (χ0v) is 6.56. The van der Waals surface area contributed by atoms with E-state index in [9.17, 15) is 9.59 Å². The van der Waals surface area contributed by atoms with Crippen molar-refractivity contribution in [3.63, 3.8) is 0 Å². The highest BCUT2D eigenvalue weighted by molar-refractivity contribution is 5.81. The number of rotatable bonds is 2. The Morgan fingerprint density at radius 2 is 2.08 bits per heavy atom. The predicted octanol–water partition coefficient (Wildman–Crippen LogP) is -1.05. The van der Waals surface area contributed by atoms with Crippen LogP contribution in [0.5, 0.6) is 0 Å². The van der Waals surface area contributed by atoms with Crippen LogP contribution < -0.4 is 0 Å². The lowest BCUT2D eigenvalue weighted by molar-refractivity contribution is -0.140. The van der Waals surface area contributed by atoms with Crippen LogP contribution in [0.25, 0.3) is 0 Å². The van der Waals surface area contributed by atoms with Crippen LogP contribution in [0.3, 0.4) is 0 Å². The second-order valence-electron chi connectivity index (χ2n) is 1.94. The van der Waals surface area contributed by atoms with Gasteiger partial charge in [-0.2, -0.15) is 0 Å². The fourth-order valence-electron chi connectivity index (χ4n) is 0.511. The molecule has 0 radical (unpaired) electrons. The van der Waals surface area contributed by atoms with Crippen LogP contribution in [0, 0.1) is 11.8 Å². The molecule has 0 saturated carbocycles. The van der Waals surface area contributed by atoms with Crippen LogP contribution in [-0.2, 0) is 9.53 Å². The molecule has 0 amide bonds. The van der Waals surface area contributed by atoms with Crippen molar-refractivity contribution >= 4 is 12.1 Å². The number of esters is 1. The maximum atomic E-state index is 10.5. The zero-order valence-electron chi connectivity index (χ0n) is 6.56. The molecule has 0 heterocycles. The molecule has 0 rings (SSSR count). The zero-order chi connectivity index (χ0) is 10.3. The molecule has 0 aliphatic rings. The van der Waals surface area contributed by atoms with E-state index in [1.807, 2.05) is 0 Å². The highest BCUT2D eigenvalue weighted by atomic mass is 16.7. The second-order valence-corrected chi connectivity index (χ2v) is 1.94. The van der Waals surface area contributed by atoms with Crippen molar-refractivity contribution in [1.29, 1.82) is 0 Å². The predicted molar refractivity (Wildman–Crippen MR) is 39.6 cm³/mol. The Hall–Kier alpha value is -1.58. The third-order valence-corrected chi connectivity index (χ3v) is 0.909. The minimum atomic E-state index is -1.73. The maximum Gasteiger partial charge on any atom is 0.513 e. The fourth-order valence-corrected chi connectivity index (χ4v) is 0.511. The van der Waals surface area contributed by atoms with Crippen molar-refractivity contribution in [3.05, 3.63) is 0 Å². The topological polar surface area (TPSA) is 104 Å². The van der Waals surface area contributed by atoms with E-state index in [1.54, 1.807) is 0 Å². The maximum absolute atomic E-state index is 10.5. The van der Waals surface area contributed by atoms with E-state index >= 15 is 0 Å². The summed E-state index contributed by atoms with van der Waals surface area (Å²) in [5, 5.41) is 25.1. The molecule has 0 saturated heterocycles. The standard InChI is InChI=1S/C7H8O6/c8-3-1-2-5(9)4-6(10)13-7(11)12/h5,8-9H,3-4H2,(H,11,12). The molecule has 6 nitrogen and oxygen atoms in total. The average Bonchev–Trinajstić information content (AvgIpc) is 1.98. The number of carbonyl (C=O) groups is 2. The molecule has 0 spiro atoms. The van der Waals surface area contributed by atoms with Gasteiger partial charge in [-0.15, -0.1) is 0 Å². The number of carbonyl (C=O) groups excluding carboxylic acids is 1. The molecular formula is C7H8O6. The van der Waals surface area contributed by atoms with E-state index in [0.717, 1.165) is 0 Å². The van der Waals surface area contributed by atoms with Crippen molar-refractivity contribution < 1.29 is 29.6 Å². The van der Waals surface area contributed by atoms with E-state index in [1.165, 1.54) is 0 Å². The van der Waals surface area contributed by atoms with Gasteiger partial charge in [0, 0.05) is 0 Å². The van der Waals surface area contributed by atoms with Crippen LogP contribution in [0.2, 0.25) is 0 Å². The lowest BCUT2D eigenvalue weighted by Gasteiger charge is -1.99. The highest BCUT2D eigenvalue weighted by Crippen LogP contribution is 1.93. The minimum absolute atomic E-state index is 0.439. The van der Waals surface area contributed by atoms with Crippen LogP contribution in [0.1, 0.15) is 6.42 Å². The molecule has 72 valence electrons. The summed E-state index contributed by atoms with van der Waals surface area (Å²) in [6.07, 6.45) is -3.59.